The molecule has 86 valence electrons. The van der Waals surface area contributed by atoms with Crippen LogP contribution in [-0.2, 0) is 10.0 Å². The first-order chi connectivity index (χ1) is 6.58. The Hall–Kier alpha value is -0.620. The minimum absolute atomic E-state index is 0. The van der Waals surface area contributed by atoms with Crippen molar-refractivity contribution in [1.82, 2.24) is 4.72 Å². The van der Waals surface area contributed by atoms with E-state index in [1.807, 2.05) is 0 Å². The quantitative estimate of drug-likeness (QED) is 0.824. The minimum Gasteiger partial charge on any atom is -0.329 e. The van der Waals surface area contributed by atoms with Crippen molar-refractivity contribution in [3.63, 3.8) is 0 Å². The van der Waals surface area contributed by atoms with Crippen LogP contribution in [0, 0.1) is 6.92 Å². The van der Waals surface area contributed by atoms with Gasteiger partial charge in [-0.3, -0.25) is 0 Å². The third kappa shape index (κ3) is 3.79. The lowest BCUT2D eigenvalue weighted by atomic mass is 10.2. The van der Waals surface area contributed by atoms with Crippen molar-refractivity contribution in [2.24, 2.45) is 5.73 Å². The van der Waals surface area contributed by atoms with Crippen LogP contribution in [0.1, 0.15) is 5.56 Å². The van der Waals surface area contributed by atoms with Gasteiger partial charge in [0.15, 0.2) is 0 Å². The second-order valence-corrected chi connectivity index (χ2v) is 4.69. The van der Waals surface area contributed by atoms with E-state index in [-0.39, 0.29) is 19.0 Å². The van der Waals surface area contributed by atoms with E-state index < -0.39 is 10.0 Å². The molecule has 0 aromatic heterocycles. The van der Waals surface area contributed by atoms with Gasteiger partial charge in [-0.05, 0) is 18.6 Å². The predicted octanol–water partition coefficient (Wildman–Crippen LogP) is 0.654. The molecule has 0 aliphatic heterocycles. The summed E-state index contributed by atoms with van der Waals surface area (Å²) < 4.78 is 25.7. The summed E-state index contributed by atoms with van der Waals surface area (Å²) in [4.78, 5) is 0.313. The normalized spacial score (nSPS) is 10.8. The minimum atomic E-state index is -3.38. The Labute approximate surface area is 96.3 Å². The van der Waals surface area contributed by atoms with Gasteiger partial charge in [-0.25, -0.2) is 13.1 Å². The van der Waals surface area contributed by atoms with Crippen molar-refractivity contribution in [2.45, 2.75) is 11.8 Å². The first-order valence-electron chi connectivity index (χ1n) is 4.33. The standard InChI is InChI=1S/C9H14N2O2S.ClH/c1-8-4-2-3-5-9(8)14(12,13)11-7-6-10;/h2-5,11H,6-7,10H2,1H3;1H. The number of halogens is 1. The molecule has 15 heavy (non-hydrogen) atoms. The van der Waals surface area contributed by atoms with Gasteiger partial charge in [-0.15, -0.1) is 12.4 Å². The Kier molecular flexibility index (Phi) is 5.82. The fourth-order valence-electron chi connectivity index (χ4n) is 1.13. The number of rotatable bonds is 4. The van der Waals surface area contributed by atoms with Gasteiger partial charge >= 0.3 is 0 Å². The van der Waals surface area contributed by atoms with E-state index in [0.29, 0.717) is 11.4 Å². The molecule has 0 fully saturated rings. The van der Waals surface area contributed by atoms with Crippen molar-refractivity contribution in [1.29, 1.82) is 0 Å². The maximum Gasteiger partial charge on any atom is 0.240 e. The topological polar surface area (TPSA) is 72.2 Å². The van der Waals surface area contributed by atoms with Crippen molar-refractivity contribution in [3.8, 4) is 0 Å². The Morgan fingerprint density at radius 1 is 1.33 bits per heavy atom. The third-order valence-corrected chi connectivity index (χ3v) is 3.44. The van der Waals surface area contributed by atoms with Gasteiger partial charge in [0.2, 0.25) is 10.0 Å². The highest BCUT2D eigenvalue weighted by Crippen LogP contribution is 2.13. The molecule has 0 heterocycles. The zero-order chi connectivity index (χ0) is 10.6. The maximum atomic E-state index is 11.6. The van der Waals surface area contributed by atoms with Gasteiger partial charge in [0.25, 0.3) is 0 Å². The Morgan fingerprint density at radius 3 is 2.47 bits per heavy atom. The zero-order valence-electron chi connectivity index (χ0n) is 8.43. The number of hydrogen-bond acceptors (Lipinski definition) is 3. The van der Waals surface area contributed by atoms with Crippen molar-refractivity contribution < 1.29 is 8.42 Å². The highest BCUT2D eigenvalue weighted by Gasteiger charge is 2.14. The number of nitrogens with one attached hydrogen (secondary N) is 1. The van der Waals surface area contributed by atoms with E-state index >= 15 is 0 Å². The third-order valence-electron chi connectivity index (χ3n) is 1.82. The fraction of sp³-hybridized carbons (Fsp3) is 0.333. The molecule has 3 N–H and O–H groups in total. The summed E-state index contributed by atoms with van der Waals surface area (Å²) in [6.45, 7) is 2.32. The number of benzene rings is 1. The Bertz CT molecular complexity index is 406. The molecule has 6 heteroatoms. The lowest BCUT2D eigenvalue weighted by molar-refractivity contribution is 0.581. The molecular formula is C9H15ClN2O2S. The molecule has 0 saturated carbocycles. The van der Waals surface area contributed by atoms with E-state index in [0.717, 1.165) is 5.56 Å². The summed E-state index contributed by atoms with van der Waals surface area (Å²) in [5.41, 5.74) is 5.96. The average molecular weight is 251 g/mol. The molecule has 0 amide bonds. The first kappa shape index (κ1) is 14.4. The molecule has 0 bridgehead atoms. The van der Waals surface area contributed by atoms with Crippen molar-refractivity contribution >= 4 is 22.4 Å². The largest absolute Gasteiger partial charge is 0.329 e. The molecule has 0 saturated heterocycles. The van der Waals surface area contributed by atoms with Crippen molar-refractivity contribution in [3.05, 3.63) is 29.8 Å². The van der Waals surface area contributed by atoms with Crippen LogP contribution in [0.2, 0.25) is 0 Å². The van der Waals surface area contributed by atoms with Crippen LogP contribution in [0.15, 0.2) is 29.2 Å². The predicted molar refractivity (Wildman–Crippen MR) is 62.7 cm³/mol. The lowest BCUT2D eigenvalue weighted by Gasteiger charge is -2.07. The second-order valence-electron chi connectivity index (χ2n) is 2.95. The molecule has 4 nitrogen and oxygen atoms in total. The SMILES string of the molecule is Cc1ccccc1S(=O)(=O)NCCN.Cl. The van der Waals surface area contributed by atoms with Gasteiger partial charge < -0.3 is 5.73 Å². The summed E-state index contributed by atoms with van der Waals surface area (Å²) >= 11 is 0. The molecule has 0 spiro atoms. The molecular weight excluding hydrogens is 236 g/mol. The summed E-state index contributed by atoms with van der Waals surface area (Å²) in [6, 6.07) is 6.84. The van der Waals surface area contributed by atoms with E-state index in [1.54, 1.807) is 31.2 Å². The van der Waals surface area contributed by atoms with Crippen LogP contribution in [0.4, 0.5) is 0 Å². The number of hydrogen-bond donors (Lipinski definition) is 2. The van der Waals surface area contributed by atoms with E-state index in [4.69, 9.17) is 5.73 Å². The second kappa shape index (κ2) is 6.07. The van der Waals surface area contributed by atoms with Gasteiger partial charge in [0.05, 0.1) is 4.90 Å². The van der Waals surface area contributed by atoms with Crippen LogP contribution in [0.5, 0.6) is 0 Å². The van der Waals surface area contributed by atoms with E-state index in [9.17, 15) is 8.42 Å². The van der Waals surface area contributed by atoms with Gasteiger partial charge in [0.1, 0.15) is 0 Å². The van der Waals surface area contributed by atoms with E-state index in [1.165, 1.54) is 0 Å². The van der Waals surface area contributed by atoms with Crippen molar-refractivity contribution in [2.75, 3.05) is 13.1 Å². The first-order valence-corrected chi connectivity index (χ1v) is 5.81. The number of sulfonamides is 1. The molecule has 0 aliphatic rings. The molecule has 0 radical (unpaired) electrons. The smallest absolute Gasteiger partial charge is 0.240 e. The fourth-order valence-corrected chi connectivity index (χ4v) is 2.42. The highest BCUT2D eigenvalue weighted by molar-refractivity contribution is 7.89. The van der Waals surface area contributed by atoms with Crippen LogP contribution in [-0.4, -0.2) is 21.5 Å². The Balaban J connectivity index is 0.00000196. The molecule has 0 unspecified atom stereocenters. The Morgan fingerprint density at radius 2 is 1.93 bits per heavy atom. The summed E-state index contributed by atoms with van der Waals surface area (Å²) in [6.07, 6.45) is 0. The monoisotopic (exact) mass is 250 g/mol. The maximum absolute atomic E-state index is 11.6. The van der Waals surface area contributed by atoms with Crippen LogP contribution in [0.25, 0.3) is 0 Å². The summed E-state index contributed by atoms with van der Waals surface area (Å²) in [5, 5.41) is 0. The van der Waals surface area contributed by atoms with Gasteiger partial charge in [-0.1, -0.05) is 18.2 Å². The molecule has 1 aromatic rings. The van der Waals surface area contributed by atoms with Crippen LogP contribution < -0.4 is 10.5 Å². The molecule has 0 aliphatic carbocycles. The summed E-state index contributed by atoms with van der Waals surface area (Å²) in [5.74, 6) is 0. The van der Waals surface area contributed by atoms with Crippen LogP contribution >= 0.6 is 12.4 Å². The molecule has 0 atom stereocenters. The van der Waals surface area contributed by atoms with Gasteiger partial charge in [-0.2, -0.15) is 0 Å². The average Bonchev–Trinajstić information content (AvgIpc) is 2.15. The zero-order valence-corrected chi connectivity index (χ0v) is 10.1. The van der Waals surface area contributed by atoms with Gasteiger partial charge in [0, 0.05) is 13.1 Å². The number of nitrogens with two attached hydrogens (primary N) is 1. The molecule has 1 rings (SSSR count). The van der Waals surface area contributed by atoms with Crippen LogP contribution in [0.3, 0.4) is 0 Å². The molecule has 1 aromatic carbocycles. The van der Waals surface area contributed by atoms with E-state index in [2.05, 4.69) is 4.72 Å². The number of aryl methyl sites for hydroxylation is 1. The summed E-state index contributed by atoms with van der Waals surface area (Å²) in [7, 11) is -3.38. The lowest BCUT2D eigenvalue weighted by Crippen LogP contribution is -2.29. The highest BCUT2D eigenvalue weighted by atomic mass is 35.5.